The second-order valence-electron chi connectivity index (χ2n) is 6.34. The lowest BCUT2D eigenvalue weighted by atomic mass is 9.75. The summed E-state index contributed by atoms with van der Waals surface area (Å²) in [6.45, 7) is 9.84. The average molecular weight is 212 g/mol. The van der Waals surface area contributed by atoms with Crippen molar-refractivity contribution in [3.05, 3.63) is 0 Å². The Morgan fingerprint density at radius 3 is 2.33 bits per heavy atom. The molecule has 1 fully saturated rings. The molecule has 90 valence electrons. The van der Waals surface area contributed by atoms with E-state index in [1.807, 2.05) is 0 Å². The highest BCUT2D eigenvalue weighted by molar-refractivity contribution is 4.82. The number of nitrogens with one attached hydrogen (secondary N) is 1. The molecule has 0 aromatic heterocycles. The van der Waals surface area contributed by atoms with E-state index < -0.39 is 0 Å². The first-order valence-corrected chi connectivity index (χ1v) is 6.38. The van der Waals surface area contributed by atoms with Gasteiger partial charge in [-0.15, -0.1) is 0 Å². The van der Waals surface area contributed by atoms with Gasteiger partial charge < -0.3 is 11.1 Å². The molecule has 0 bridgehead atoms. The van der Waals surface area contributed by atoms with Crippen LogP contribution in [0.3, 0.4) is 0 Å². The van der Waals surface area contributed by atoms with Crippen LogP contribution in [0.5, 0.6) is 0 Å². The Morgan fingerprint density at radius 1 is 1.20 bits per heavy atom. The molecule has 0 aromatic carbocycles. The molecule has 0 aliphatic heterocycles. The summed E-state index contributed by atoms with van der Waals surface area (Å²) >= 11 is 0. The predicted molar refractivity (Wildman–Crippen MR) is 66.9 cm³/mol. The highest BCUT2D eigenvalue weighted by Crippen LogP contribution is 2.35. The van der Waals surface area contributed by atoms with Crippen molar-refractivity contribution in [1.29, 1.82) is 0 Å². The third-order valence-corrected chi connectivity index (χ3v) is 3.77. The zero-order valence-electron chi connectivity index (χ0n) is 10.7. The number of hydrogen-bond acceptors (Lipinski definition) is 2. The zero-order chi connectivity index (χ0) is 11.4. The van der Waals surface area contributed by atoms with Crippen LogP contribution in [0.15, 0.2) is 0 Å². The minimum absolute atomic E-state index is 0.241. The molecule has 0 atom stereocenters. The smallest absolute Gasteiger partial charge is 0.00148 e. The number of hydrogen-bond donors (Lipinski definition) is 2. The molecule has 2 nitrogen and oxygen atoms in total. The summed E-state index contributed by atoms with van der Waals surface area (Å²) in [5.41, 5.74) is 6.50. The standard InChI is InChI=1S/C13H28N2/c1-12(2,9-14)10-15-11-13(3)7-5-4-6-8-13/h15H,4-11,14H2,1-3H3. The fourth-order valence-electron chi connectivity index (χ4n) is 2.36. The van der Waals surface area contributed by atoms with Crippen LogP contribution in [-0.2, 0) is 0 Å². The molecule has 15 heavy (non-hydrogen) atoms. The fraction of sp³-hybridized carbons (Fsp3) is 1.00. The summed E-state index contributed by atoms with van der Waals surface area (Å²) in [5.74, 6) is 0. The molecule has 0 aromatic rings. The molecule has 1 saturated carbocycles. The van der Waals surface area contributed by atoms with Gasteiger partial charge in [-0.05, 0) is 30.2 Å². The third-order valence-electron chi connectivity index (χ3n) is 3.77. The molecule has 0 unspecified atom stereocenters. The Balaban J connectivity index is 2.24. The predicted octanol–water partition coefficient (Wildman–Crippen LogP) is 2.53. The lowest BCUT2D eigenvalue weighted by molar-refractivity contribution is 0.197. The SMILES string of the molecule is CC(C)(CN)CNCC1(C)CCCCC1. The summed E-state index contributed by atoms with van der Waals surface area (Å²) in [6, 6.07) is 0. The highest BCUT2D eigenvalue weighted by Gasteiger charge is 2.27. The van der Waals surface area contributed by atoms with Crippen molar-refractivity contribution < 1.29 is 0 Å². The van der Waals surface area contributed by atoms with Gasteiger partial charge in [-0.1, -0.05) is 40.0 Å². The molecule has 0 spiro atoms. The van der Waals surface area contributed by atoms with Crippen LogP contribution in [0.4, 0.5) is 0 Å². The minimum atomic E-state index is 0.241. The van der Waals surface area contributed by atoms with Crippen LogP contribution in [0.2, 0.25) is 0 Å². The van der Waals surface area contributed by atoms with Crippen LogP contribution < -0.4 is 11.1 Å². The van der Waals surface area contributed by atoms with Crippen molar-refractivity contribution >= 4 is 0 Å². The van der Waals surface area contributed by atoms with Crippen LogP contribution in [0.1, 0.15) is 52.9 Å². The van der Waals surface area contributed by atoms with Crippen molar-refractivity contribution in [3.63, 3.8) is 0 Å². The van der Waals surface area contributed by atoms with E-state index in [2.05, 4.69) is 26.1 Å². The van der Waals surface area contributed by atoms with Crippen LogP contribution in [-0.4, -0.2) is 19.6 Å². The van der Waals surface area contributed by atoms with Crippen molar-refractivity contribution in [3.8, 4) is 0 Å². The van der Waals surface area contributed by atoms with E-state index in [-0.39, 0.29) is 5.41 Å². The zero-order valence-corrected chi connectivity index (χ0v) is 10.7. The van der Waals surface area contributed by atoms with Gasteiger partial charge in [0.05, 0.1) is 0 Å². The van der Waals surface area contributed by atoms with Gasteiger partial charge >= 0.3 is 0 Å². The lowest BCUT2D eigenvalue weighted by Gasteiger charge is -2.35. The fourth-order valence-corrected chi connectivity index (χ4v) is 2.36. The maximum atomic E-state index is 5.72. The van der Waals surface area contributed by atoms with Crippen LogP contribution >= 0.6 is 0 Å². The van der Waals surface area contributed by atoms with E-state index in [1.54, 1.807) is 0 Å². The van der Waals surface area contributed by atoms with Crippen molar-refractivity contribution in [2.45, 2.75) is 52.9 Å². The van der Waals surface area contributed by atoms with Gasteiger partial charge in [-0.2, -0.15) is 0 Å². The van der Waals surface area contributed by atoms with Gasteiger partial charge in [0.25, 0.3) is 0 Å². The Hall–Kier alpha value is -0.0800. The first kappa shape index (κ1) is 13.0. The van der Waals surface area contributed by atoms with Gasteiger partial charge in [0.1, 0.15) is 0 Å². The van der Waals surface area contributed by atoms with E-state index in [0.717, 1.165) is 19.6 Å². The maximum absolute atomic E-state index is 5.72. The number of rotatable bonds is 5. The quantitative estimate of drug-likeness (QED) is 0.735. The maximum Gasteiger partial charge on any atom is 0.00148 e. The van der Waals surface area contributed by atoms with E-state index in [4.69, 9.17) is 5.73 Å². The summed E-state index contributed by atoms with van der Waals surface area (Å²) in [6.07, 6.45) is 7.05. The third kappa shape index (κ3) is 4.52. The van der Waals surface area contributed by atoms with Crippen LogP contribution in [0.25, 0.3) is 0 Å². The molecular weight excluding hydrogens is 184 g/mol. The van der Waals surface area contributed by atoms with Crippen molar-refractivity contribution in [2.24, 2.45) is 16.6 Å². The molecule has 1 rings (SSSR count). The first-order valence-electron chi connectivity index (χ1n) is 6.38. The topological polar surface area (TPSA) is 38.0 Å². The second kappa shape index (κ2) is 5.31. The van der Waals surface area contributed by atoms with Gasteiger partial charge in [-0.25, -0.2) is 0 Å². The Labute approximate surface area is 95.0 Å². The average Bonchev–Trinajstić information content (AvgIpc) is 2.18. The second-order valence-corrected chi connectivity index (χ2v) is 6.34. The number of nitrogens with two attached hydrogens (primary N) is 1. The lowest BCUT2D eigenvalue weighted by Crippen LogP contribution is -2.41. The molecular formula is C13H28N2. The normalized spacial score (nSPS) is 21.6. The molecule has 0 heterocycles. The molecule has 3 N–H and O–H groups in total. The monoisotopic (exact) mass is 212 g/mol. The molecule has 1 aliphatic carbocycles. The summed E-state index contributed by atoms with van der Waals surface area (Å²) in [5, 5.41) is 3.61. The molecule has 0 saturated heterocycles. The van der Waals surface area contributed by atoms with E-state index in [1.165, 1.54) is 32.1 Å². The van der Waals surface area contributed by atoms with E-state index >= 15 is 0 Å². The summed E-state index contributed by atoms with van der Waals surface area (Å²) in [4.78, 5) is 0. The van der Waals surface area contributed by atoms with Gasteiger partial charge in [0, 0.05) is 13.1 Å². The highest BCUT2D eigenvalue weighted by atomic mass is 14.9. The molecule has 0 radical (unpaired) electrons. The van der Waals surface area contributed by atoms with Crippen LogP contribution in [0, 0.1) is 10.8 Å². The molecule has 0 amide bonds. The minimum Gasteiger partial charge on any atom is -0.330 e. The Kier molecular flexibility index (Phi) is 4.60. The largest absolute Gasteiger partial charge is 0.330 e. The Bertz CT molecular complexity index is 181. The molecule has 2 heteroatoms. The first-order chi connectivity index (χ1) is 6.97. The summed E-state index contributed by atoms with van der Waals surface area (Å²) in [7, 11) is 0. The van der Waals surface area contributed by atoms with Gasteiger partial charge in [0.2, 0.25) is 0 Å². The molecule has 1 aliphatic rings. The van der Waals surface area contributed by atoms with Crippen molar-refractivity contribution in [1.82, 2.24) is 5.32 Å². The van der Waals surface area contributed by atoms with E-state index in [9.17, 15) is 0 Å². The van der Waals surface area contributed by atoms with Crippen molar-refractivity contribution in [2.75, 3.05) is 19.6 Å². The van der Waals surface area contributed by atoms with E-state index in [0.29, 0.717) is 5.41 Å². The Morgan fingerprint density at radius 2 is 1.80 bits per heavy atom. The van der Waals surface area contributed by atoms with Gasteiger partial charge in [0.15, 0.2) is 0 Å². The van der Waals surface area contributed by atoms with Gasteiger partial charge in [-0.3, -0.25) is 0 Å². The summed E-state index contributed by atoms with van der Waals surface area (Å²) < 4.78 is 0.